The second-order valence-electron chi connectivity index (χ2n) is 11.1. The van der Waals surface area contributed by atoms with Crippen LogP contribution in [-0.2, 0) is 14.3 Å². The van der Waals surface area contributed by atoms with Gasteiger partial charge in [0, 0.05) is 49.4 Å². The standard InChI is InChI=1S/C24H42N8O10/c25-7-10-16(35)17(36)13(28)20(41-10)12-8(26)6-9(27)15(34)14(12)29-3-1-4-30-22(39)21-18(37)19(38)23(42-21)32-5-2-11(33)31-24(32)40/h2,5,8-10,12-21,23,29,34-38H,1,3-4,6-7,25-28H2,(H,30,39)(H,31,33,40)/t8-,9+,10+,12+,13+,14+,15-,16+,17+,18-,19+,20+,21-,23+/m0/s1. The minimum Gasteiger partial charge on any atom is -0.390 e. The van der Waals surface area contributed by atoms with Gasteiger partial charge in [-0.25, -0.2) is 4.79 Å². The molecule has 3 aliphatic rings. The van der Waals surface area contributed by atoms with Crippen LogP contribution < -0.4 is 44.8 Å². The van der Waals surface area contributed by atoms with E-state index >= 15 is 0 Å². The number of aromatic nitrogens is 2. The maximum absolute atomic E-state index is 12.7. The van der Waals surface area contributed by atoms with Crippen molar-refractivity contribution >= 4 is 5.91 Å². The molecule has 18 nitrogen and oxygen atoms in total. The van der Waals surface area contributed by atoms with E-state index in [9.17, 15) is 39.9 Å². The van der Waals surface area contributed by atoms with Gasteiger partial charge < -0.3 is 68.6 Å². The molecule has 1 saturated carbocycles. The summed E-state index contributed by atoms with van der Waals surface area (Å²) in [5.74, 6) is -1.33. The number of hydrogen-bond donors (Lipinski definition) is 12. The number of nitrogens with two attached hydrogens (primary N) is 4. The third-order valence-corrected chi connectivity index (χ3v) is 8.36. The predicted octanol–water partition coefficient (Wildman–Crippen LogP) is -7.57. The molecule has 14 atom stereocenters. The number of ether oxygens (including phenoxy) is 2. The second kappa shape index (κ2) is 13.5. The molecule has 0 spiro atoms. The predicted molar refractivity (Wildman–Crippen MR) is 144 cm³/mol. The lowest BCUT2D eigenvalue weighted by Crippen LogP contribution is -2.72. The number of carbonyl (C=O) groups excluding carboxylic acids is 1. The lowest BCUT2D eigenvalue weighted by atomic mass is 9.70. The number of rotatable bonds is 9. The highest BCUT2D eigenvalue weighted by Gasteiger charge is 2.52. The van der Waals surface area contributed by atoms with Crippen molar-refractivity contribution < 1.29 is 39.8 Å². The zero-order valence-electron chi connectivity index (χ0n) is 22.8. The van der Waals surface area contributed by atoms with Gasteiger partial charge in [0.2, 0.25) is 0 Å². The summed E-state index contributed by atoms with van der Waals surface area (Å²) in [7, 11) is 0. The van der Waals surface area contributed by atoms with Gasteiger partial charge in [-0.2, -0.15) is 0 Å². The van der Waals surface area contributed by atoms with Crippen LogP contribution in [0.3, 0.4) is 0 Å². The van der Waals surface area contributed by atoms with E-state index in [0.29, 0.717) is 6.42 Å². The fourth-order valence-corrected chi connectivity index (χ4v) is 6.04. The Kier molecular flexibility index (Phi) is 10.5. The maximum Gasteiger partial charge on any atom is 0.330 e. The third-order valence-electron chi connectivity index (χ3n) is 8.36. The van der Waals surface area contributed by atoms with E-state index in [2.05, 4.69) is 10.6 Å². The van der Waals surface area contributed by atoms with E-state index in [1.165, 1.54) is 0 Å². The molecule has 238 valence electrons. The first-order valence-corrected chi connectivity index (χ1v) is 13.9. The lowest BCUT2D eigenvalue weighted by molar-refractivity contribution is -0.199. The van der Waals surface area contributed by atoms with Crippen LogP contribution in [0.2, 0.25) is 0 Å². The number of nitrogens with zero attached hydrogens (tertiary/aromatic N) is 1. The van der Waals surface area contributed by atoms with E-state index < -0.39 is 102 Å². The van der Waals surface area contributed by atoms with Crippen LogP contribution in [0.1, 0.15) is 19.1 Å². The Morgan fingerprint density at radius 2 is 1.69 bits per heavy atom. The van der Waals surface area contributed by atoms with Crippen molar-refractivity contribution in [3.63, 3.8) is 0 Å². The smallest absolute Gasteiger partial charge is 0.330 e. The zero-order chi connectivity index (χ0) is 30.9. The second-order valence-corrected chi connectivity index (χ2v) is 11.1. The van der Waals surface area contributed by atoms with Gasteiger partial charge in [-0.15, -0.1) is 0 Å². The van der Waals surface area contributed by atoms with E-state index in [-0.39, 0.29) is 26.1 Å². The molecule has 0 aromatic carbocycles. The number of amides is 1. The lowest BCUT2D eigenvalue weighted by Gasteiger charge is -2.51. The van der Waals surface area contributed by atoms with Crippen LogP contribution in [0.5, 0.6) is 0 Å². The topological polar surface area (TPSA) is 320 Å². The molecular weight excluding hydrogens is 560 g/mol. The van der Waals surface area contributed by atoms with Crippen molar-refractivity contribution in [2.24, 2.45) is 28.9 Å². The number of aromatic amines is 1. The van der Waals surface area contributed by atoms with Crippen molar-refractivity contribution in [2.75, 3.05) is 19.6 Å². The Hall–Kier alpha value is -2.33. The molecule has 3 fully saturated rings. The summed E-state index contributed by atoms with van der Waals surface area (Å²) in [6.45, 7) is 0.294. The fourth-order valence-electron chi connectivity index (χ4n) is 6.04. The highest BCUT2D eigenvalue weighted by molar-refractivity contribution is 5.81. The number of aliphatic hydroxyl groups excluding tert-OH is 5. The molecule has 16 N–H and O–H groups in total. The third kappa shape index (κ3) is 6.44. The van der Waals surface area contributed by atoms with Crippen molar-refractivity contribution in [3.05, 3.63) is 33.1 Å². The molecule has 0 unspecified atom stereocenters. The van der Waals surface area contributed by atoms with Crippen LogP contribution >= 0.6 is 0 Å². The van der Waals surface area contributed by atoms with Gasteiger partial charge in [0.25, 0.3) is 11.5 Å². The van der Waals surface area contributed by atoms with Gasteiger partial charge in [-0.05, 0) is 19.4 Å². The Balaban J connectivity index is 1.33. The summed E-state index contributed by atoms with van der Waals surface area (Å²) in [6.07, 6.45) is -9.81. The summed E-state index contributed by atoms with van der Waals surface area (Å²) in [5, 5.41) is 58.1. The average molecular weight is 603 g/mol. The largest absolute Gasteiger partial charge is 0.390 e. The van der Waals surface area contributed by atoms with E-state index in [1.807, 2.05) is 4.98 Å². The Bertz CT molecular complexity index is 1180. The SMILES string of the molecule is NC[C@H]1O[C@H]([C@H]2[C@@H](NCCCNC(=O)[C@H]3O[C@@H](n4ccc(=O)[nH]c4=O)[C@H](O)[C@@H]3O)[C@@H](O)[C@H](N)C[C@@H]2N)[C@H](N)[C@@H](O)[C@@H]1O. The maximum atomic E-state index is 12.7. The van der Waals surface area contributed by atoms with E-state index in [1.54, 1.807) is 0 Å². The Morgan fingerprint density at radius 1 is 0.976 bits per heavy atom. The average Bonchev–Trinajstić information content (AvgIpc) is 3.24. The molecule has 3 heterocycles. The number of nitrogens with one attached hydrogen (secondary N) is 3. The molecule has 2 aliphatic heterocycles. The van der Waals surface area contributed by atoms with E-state index in [4.69, 9.17) is 32.4 Å². The first kappa shape index (κ1) is 32.6. The normalized spacial score (nSPS) is 42.4. The zero-order valence-corrected chi connectivity index (χ0v) is 22.8. The van der Waals surface area contributed by atoms with Crippen LogP contribution in [0.4, 0.5) is 0 Å². The van der Waals surface area contributed by atoms with Crippen LogP contribution in [-0.4, -0.2) is 134 Å². The minimum absolute atomic E-state index is 0.0674. The number of H-pyrrole nitrogens is 1. The van der Waals surface area contributed by atoms with Gasteiger partial charge >= 0.3 is 5.69 Å². The minimum atomic E-state index is -1.64. The van der Waals surface area contributed by atoms with Crippen LogP contribution in [0.15, 0.2) is 21.9 Å². The molecule has 1 amide bonds. The van der Waals surface area contributed by atoms with Crippen molar-refractivity contribution in [1.82, 2.24) is 20.2 Å². The van der Waals surface area contributed by atoms with Gasteiger partial charge in [-0.1, -0.05) is 0 Å². The molecule has 4 rings (SSSR count). The van der Waals surface area contributed by atoms with Crippen LogP contribution in [0.25, 0.3) is 0 Å². The summed E-state index contributed by atoms with van der Waals surface area (Å²) < 4.78 is 12.3. The van der Waals surface area contributed by atoms with Gasteiger partial charge in [0.15, 0.2) is 12.3 Å². The monoisotopic (exact) mass is 602 g/mol. The quantitative estimate of drug-likeness (QED) is 0.117. The molecule has 42 heavy (non-hydrogen) atoms. The highest BCUT2D eigenvalue weighted by Crippen LogP contribution is 2.34. The number of hydrogen-bond acceptors (Lipinski definition) is 15. The highest BCUT2D eigenvalue weighted by atomic mass is 16.6. The van der Waals surface area contributed by atoms with Crippen molar-refractivity contribution in [3.8, 4) is 0 Å². The van der Waals surface area contributed by atoms with Gasteiger partial charge in [0.05, 0.1) is 24.4 Å². The summed E-state index contributed by atoms with van der Waals surface area (Å²) in [4.78, 5) is 38.1. The first-order valence-electron chi connectivity index (χ1n) is 13.9. The van der Waals surface area contributed by atoms with Gasteiger partial charge in [0.1, 0.15) is 24.4 Å². The van der Waals surface area contributed by atoms with E-state index in [0.717, 1.165) is 16.8 Å². The molecule has 1 aromatic heterocycles. The van der Waals surface area contributed by atoms with Gasteiger partial charge in [-0.3, -0.25) is 19.1 Å². The molecule has 18 heteroatoms. The molecule has 0 radical (unpaired) electrons. The summed E-state index contributed by atoms with van der Waals surface area (Å²) in [5.41, 5.74) is 22.9. The number of aliphatic hydroxyl groups is 5. The van der Waals surface area contributed by atoms with Crippen molar-refractivity contribution in [1.29, 1.82) is 0 Å². The molecule has 1 aromatic rings. The summed E-state index contributed by atoms with van der Waals surface area (Å²) in [6, 6.07) is -1.89. The summed E-state index contributed by atoms with van der Waals surface area (Å²) >= 11 is 0. The first-order chi connectivity index (χ1) is 19.9. The van der Waals surface area contributed by atoms with Crippen molar-refractivity contribution in [2.45, 2.75) is 92.1 Å². The number of carbonyl (C=O) groups is 1. The Morgan fingerprint density at radius 3 is 2.36 bits per heavy atom. The van der Waals surface area contributed by atoms with Crippen LogP contribution in [0, 0.1) is 5.92 Å². The molecule has 0 bridgehead atoms. The Labute approximate surface area is 240 Å². The molecular formula is C24H42N8O10. The fraction of sp³-hybridized carbons (Fsp3) is 0.792. The molecule has 2 saturated heterocycles. The molecule has 1 aliphatic carbocycles.